The van der Waals surface area contributed by atoms with Crippen molar-refractivity contribution in [1.82, 2.24) is 14.8 Å². The van der Waals surface area contributed by atoms with Crippen LogP contribution >= 0.6 is 11.8 Å². The number of amides is 1. The number of benzene rings is 2. The van der Waals surface area contributed by atoms with Crippen molar-refractivity contribution in [1.29, 1.82) is 0 Å². The number of nitrogens with zero attached hydrogens (tertiary/aromatic N) is 3. The van der Waals surface area contributed by atoms with Crippen LogP contribution in [0.5, 0.6) is 11.5 Å². The number of carbonyl (C=O) groups excluding carboxylic acids is 1. The Labute approximate surface area is 193 Å². The first-order valence-electron chi connectivity index (χ1n) is 10.5. The molecule has 0 saturated carbocycles. The fourth-order valence-electron chi connectivity index (χ4n) is 3.05. The summed E-state index contributed by atoms with van der Waals surface area (Å²) in [4.78, 5) is 12.3. The van der Waals surface area contributed by atoms with Crippen LogP contribution in [-0.4, -0.2) is 33.5 Å². The predicted octanol–water partition coefficient (Wildman–Crippen LogP) is 4.91. The van der Waals surface area contributed by atoms with Crippen molar-refractivity contribution in [3.05, 3.63) is 59.9 Å². The Kier molecular flexibility index (Phi) is 7.80. The van der Waals surface area contributed by atoms with Crippen molar-refractivity contribution in [3.63, 3.8) is 0 Å². The molecule has 0 atom stereocenters. The number of anilines is 1. The van der Waals surface area contributed by atoms with E-state index in [0.29, 0.717) is 18.3 Å². The topological polar surface area (TPSA) is 78.3 Å². The fraction of sp³-hybridized carbons (Fsp3) is 0.375. The Balaban J connectivity index is 1.55. The lowest BCUT2D eigenvalue weighted by Gasteiger charge is -2.19. The summed E-state index contributed by atoms with van der Waals surface area (Å²) in [6.07, 6.45) is 0. The normalized spacial score (nSPS) is 11.3. The number of thioether (sulfide) groups is 1. The van der Waals surface area contributed by atoms with Gasteiger partial charge in [0.1, 0.15) is 18.1 Å². The number of ether oxygens (including phenoxy) is 2. The Morgan fingerprint density at radius 2 is 1.69 bits per heavy atom. The lowest BCUT2D eigenvalue weighted by molar-refractivity contribution is -0.113. The molecular weight excluding hydrogens is 424 g/mol. The van der Waals surface area contributed by atoms with Crippen molar-refractivity contribution in [2.24, 2.45) is 0 Å². The van der Waals surface area contributed by atoms with Gasteiger partial charge in [0.05, 0.1) is 12.9 Å². The van der Waals surface area contributed by atoms with Crippen LogP contribution in [0.1, 0.15) is 39.1 Å². The molecule has 3 rings (SSSR count). The molecule has 2 aromatic carbocycles. The Morgan fingerprint density at radius 3 is 2.28 bits per heavy atom. The van der Waals surface area contributed by atoms with Crippen molar-refractivity contribution in [3.8, 4) is 11.5 Å². The van der Waals surface area contributed by atoms with Crippen LogP contribution in [0.25, 0.3) is 0 Å². The summed E-state index contributed by atoms with van der Waals surface area (Å²) in [5, 5.41) is 12.1. The number of methoxy groups -OCH3 is 1. The maximum Gasteiger partial charge on any atom is 0.234 e. The molecule has 0 radical (unpaired) electrons. The molecular formula is C24H30N4O3S. The van der Waals surface area contributed by atoms with Gasteiger partial charge in [-0.15, -0.1) is 10.2 Å². The second-order valence-corrected chi connectivity index (χ2v) is 9.21. The van der Waals surface area contributed by atoms with Crippen LogP contribution < -0.4 is 14.8 Å². The average Bonchev–Trinajstić information content (AvgIpc) is 3.18. The molecule has 1 amide bonds. The standard InChI is InChI=1S/C24H30N4O3S/c1-6-28-21(15-31-20-11-7-17(8-12-20)24(2,3)4)26-27-23(28)32-16-22(29)25-18-9-13-19(30-5)14-10-18/h7-14H,6,15-16H2,1-5H3,(H,25,29). The van der Waals surface area contributed by atoms with Crippen molar-refractivity contribution < 1.29 is 14.3 Å². The van der Waals surface area contributed by atoms with Gasteiger partial charge in [0.15, 0.2) is 11.0 Å². The maximum absolute atomic E-state index is 12.3. The third kappa shape index (κ3) is 6.26. The zero-order chi connectivity index (χ0) is 23.1. The van der Waals surface area contributed by atoms with Crippen molar-refractivity contribution in [2.45, 2.75) is 51.4 Å². The molecule has 0 aliphatic carbocycles. The Morgan fingerprint density at radius 1 is 1.03 bits per heavy atom. The lowest BCUT2D eigenvalue weighted by Crippen LogP contribution is -2.15. The van der Waals surface area contributed by atoms with E-state index in [-0.39, 0.29) is 17.1 Å². The molecule has 7 nitrogen and oxygen atoms in total. The average molecular weight is 455 g/mol. The minimum atomic E-state index is -0.109. The van der Waals surface area contributed by atoms with Crippen molar-refractivity contribution >= 4 is 23.4 Å². The van der Waals surface area contributed by atoms with Gasteiger partial charge in [0.25, 0.3) is 0 Å². The lowest BCUT2D eigenvalue weighted by atomic mass is 9.87. The zero-order valence-corrected chi connectivity index (χ0v) is 20.0. The molecule has 1 N–H and O–H groups in total. The Bertz CT molecular complexity index is 1020. The van der Waals surface area contributed by atoms with Crippen molar-refractivity contribution in [2.75, 3.05) is 18.2 Å². The monoisotopic (exact) mass is 454 g/mol. The van der Waals surface area contributed by atoms with Gasteiger partial charge in [-0.3, -0.25) is 4.79 Å². The van der Waals surface area contributed by atoms with Crippen LogP contribution in [-0.2, 0) is 23.4 Å². The van der Waals surface area contributed by atoms with Gasteiger partial charge in [-0.1, -0.05) is 44.7 Å². The summed E-state index contributed by atoms with van der Waals surface area (Å²) in [5.74, 6) is 2.39. The quantitative estimate of drug-likeness (QED) is 0.463. The minimum absolute atomic E-state index is 0.104. The first-order valence-corrected chi connectivity index (χ1v) is 11.5. The van der Waals surface area contributed by atoms with Crippen LogP contribution in [0.4, 0.5) is 5.69 Å². The highest BCUT2D eigenvalue weighted by molar-refractivity contribution is 7.99. The van der Waals surface area contributed by atoms with E-state index in [4.69, 9.17) is 9.47 Å². The van der Waals surface area contributed by atoms with Crippen LogP contribution in [0.2, 0.25) is 0 Å². The fourth-order valence-corrected chi connectivity index (χ4v) is 3.87. The molecule has 0 bridgehead atoms. The molecule has 32 heavy (non-hydrogen) atoms. The van der Waals surface area contributed by atoms with Gasteiger partial charge in [-0.05, 0) is 54.3 Å². The Hall–Kier alpha value is -3.00. The van der Waals surface area contributed by atoms with Gasteiger partial charge in [-0.2, -0.15) is 0 Å². The van der Waals surface area contributed by atoms with E-state index in [9.17, 15) is 4.79 Å². The molecule has 0 spiro atoms. The SMILES string of the molecule is CCn1c(COc2ccc(C(C)(C)C)cc2)nnc1SCC(=O)Nc1ccc(OC)cc1. The number of carbonyl (C=O) groups is 1. The molecule has 0 saturated heterocycles. The summed E-state index contributed by atoms with van der Waals surface area (Å²) in [6.45, 7) is 9.58. The number of aromatic nitrogens is 3. The summed E-state index contributed by atoms with van der Waals surface area (Å²) in [6, 6.07) is 15.3. The second-order valence-electron chi connectivity index (χ2n) is 8.27. The summed E-state index contributed by atoms with van der Waals surface area (Å²) in [5.41, 5.74) is 2.08. The van der Waals surface area contributed by atoms with Gasteiger partial charge in [0.2, 0.25) is 5.91 Å². The predicted molar refractivity (Wildman–Crippen MR) is 128 cm³/mol. The van der Waals surface area contributed by atoms with E-state index in [2.05, 4.69) is 48.4 Å². The van der Waals surface area contributed by atoms with Crippen LogP contribution in [0, 0.1) is 0 Å². The second kappa shape index (κ2) is 10.5. The highest BCUT2D eigenvalue weighted by Gasteiger charge is 2.15. The maximum atomic E-state index is 12.3. The molecule has 170 valence electrons. The molecule has 0 aliphatic heterocycles. The van der Waals surface area contributed by atoms with E-state index < -0.39 is 0 Å². The molecule has 1 heterocycles. The summed E-state index contributed by atoms with van der Waals surface area (Å²) >= 11 is 1.35. The van der Waals surface area contributed by atoms with Gasteiger partial charge in [-0.25, -0.2) is 0 Å². The van der Waals surface area contributed by atoms with E-state index in [1.165, 1.54) is 17.3 Å². The number of rotatable bonds is 9. The number of hydrogen-bond donors (Lipinski definition) is 1. The van der Waals surface area contributed by atoms with Gasteiger partial charge in [0, 0.05) is 12.2 Å². The van der Waals surface area contributed by atoms with Crippen LogP contribution in [0.15, 0.2) is 53.7 Å². The van der Waals surface area contributed by atoms with Gasteiger partial charge >= 0.3 is 0 Å². The van der Waals surface area contributed by atoms with E-state index in [1.54, 1.807) is 31.4 Å². The highest BCUT2D eigenvalue weighted by Crippen LogP contribution is 2.25. The largest absolute Gasteiger partial charge is 0.497 e. The first kappa shape index (κ1) is 23.7. The number of nitrogens with one attached hydrogen (secondary N) is 1. The highest BCUT2D eigenvalue weighted by atomic mass is 32.2. The first-order chi connectivity index (χ1) is 15.3. The van der Waals surface area contributed by atoms with E-state index >= 15 is 0 Å². The smallest absolute Gasteiger partial charge is 0.234 e. The molecule has 3 aromatic rings. The zero-order valence-electron chi connectivity index (χ0n) is 19.2. The third-order valence-corrected chi connectivity index (χ3v) is 5.87. The summed E-state index contributed by atoms with van der Waals surface area (Å²) in [7, 11) is 1.61. The van der Waals surface area contributed by atoms with E-state index in [1.807, 2.05) is 23.6 Å². The molecule has 0 unspecified atom stereocenters. The summed E-state index contributed by atoms with van der Waals surface area (Å²) < 4.78 is 13.0. The van der Waals surface area contributed by atoms with Crippen LogP contribution in [0.3, 0.4) is 0 Å². The molecule has 8 heteroatoms. The third-order valence-electron chi connectivity index (χ3n) is 4.90. The molecule has 0 fully saturated rings. The number of hydrogen-bond acceptors (Lipinski definition) is 6. The molecule has 0 aliphatic rings. The minimum Gasteiger partial charge on any atom is -0.497 e. The van der Waals surface area contributed by atoms with Gasteiger partial charge < -0.3 is 19.4 Å². The molecule has 1 aromatic heterocycles. The van der Waals surface area contributed by atoms with E-state index in [0.717, 1.165) is 23.0 Å².